The molecule has 0 bridgehead atoms. The van der Waals surface area contributed by atoms with Crippen LogP contribution in [0.1, 0.15) is 27.9 Å². The van der Waals surface area contributed by atoms with E-state index >= 15 is 0 Å². The van der Waals surface area contributed by atoms with Gasteiger partial charge in [0.25, 0.3) is 5.56 Å². The van der Waals surface area contributed by atoms with E-state index in [1.165, 1.54) is 0 Å². The summed E-state index contributed by atoms with van der Waals surface area (Å²) in [4.78, 5) is 26.7. The summed E-state index contributed by atoms with van der Waals surface area (Å²) >= 11 is 0. The highest BCUT2D eigenvalue weighted by Gasteiger charge is 2.08. The Morgan fingerprint density at radius 2 is 1.79 bits per heavy atom. The van der Waals surface area contributed by atoms with Gasteiger partial charge >= 0.3 is 6.03 Å². The molecule has 0 atom stereocenters. The van der Waals surface area contributed by atoms with E-state index < -0.39 is 0 Å². The molecule has 1 aromatic heterocycles. The highest BCUT2D eigenvalue weighted by Crippen LogP contribution is 2.09. The van der Waals surface area contributed by atoms with Gasteiger partial charge < -0.3 is 20.4 Å². The number of rotatable bonds is 6. The summed E-state index contributed by atoms with van der Waals surface area (Å²) in [5, 5.41) is 5.52. The molecule has 6 heteroatoms. The molecule has 0 unspecified atom stereocenters. The topological polar surface area (TPSA) is 83.2 Å². The number of ether oxygens (including phenoxy) is 1. The number of amides is 2. The van der Waals surface area contributed by atoms with Crippen molar-refractivity contribution in [2.24, 2.45) is 0 Å². The zero-order chi connectivity index (χ0) is 17.5. The fourth-order valence-electron chi connectivity index (χ4n) is 2.53. The van der Waals surface area contributed by atoms with Gasteiger partial charge in [0.05, 0.1) is 13.2 Å². The van der Waals surface area contributed by atoms with E-state index in [-0.39, 0.29) is 18.1 Å². The van der Waals surface area contributed by atoms with E-state index in [2.05, 4.69) is 15.6 Å². The summed E-state index contributed by atoms with van der Waals surface area (Å²) in [7, 11) is 1.64. The lowest BCUT2D eigenvalue weighted by Gasteiger charge is -2.12. The number of urea groups is 1. The smallest absolute Gasteiger partial charge is 0.315 e. The van der Waals surface area contributed by atoms with Crippen LogP contribution in [0.15, 0.2) is 35.1 Å². The Balaban J connectivity index is 1.92. The van der Waals surface area contributed by atoms with Crippen LogP contribution in [0.2, 0.25) is 0 Å². The van der Waals surface area contributed by atoms with Crippen molar-refractivity contribution in [3.63, 3.8) is 0 Å². The monoisotopic (exact) mass is 329 g/mol. The Bertz CT molecular complexity index is 768. The van der Waals surface area contributed by atoms with Crippen LogP contribution in [0.5, 0.6) is 0 Å². The van der Waals surface area contributed by atoms with Crippen molar-refractivity contribution in [3.8, 4) is 0 Å². The van der Waals surface area contributed by atoms with Crippen molar-refractivity contribution in [1.82, 2.24) is 15.6 Å². The highest BCUT2D eigenvalue weighted by molar-refractivity contribution is 5.73. The fraction of sp³-hybridized carbons (Fsp3) is 0.333. The number of pyridine rings is 1. The van der Waals surface area contributed by atoms with Gasteiger partial charge in [0.1, 0.15) is 0 Å². The summed E-state index contributed by atoms with van der Waals surface area (Å²) in [6, 6.07) is 9.34. The van der Waals surface area contributed by atoms with Crippen LogP contribution in [0, 0.1) is 13.8 Å². The molecule has 3 N–H and O–H groups in total. The first-order valence-electron chi connectivity index (χ1n) is 7.78. The van der Waals surface area contributed by atoms with Crippen LogP contribution in [0.4, 0.5) is 4.79 Å². The molecule has 1 heterocycles. The summed E-state index contributed by atoms with van der Waals surface area (Å²) in [6.45, 7) is 4.77. The normalized spacial score (nSPS) is 10.5. The Morgan fingerprint density at radius 3 is 2.46 bits per heavy atom. The number of hydrogen-bond acceptors (Lipinski definition) is 3. The van der Waals surface area contributed by atoms with Crippen LogP contribution in [-0.2, 0) is 24.4 Å². The molecule has 0 aliphatic heterocycles. The highest BCUT2D eigenvalue weighted by atomic mass is 16.5. The maximum absolute atomic E-state index is 12.0. The van der Waals surface area contributed by atoms with Crippen LogP contribution in [0.25, 0.3) is 0 Å². The van der Waals surface area contributed by atoms with Crippen LogP contribution in [-0.4, -0.2) is 18.1 Å². The Hall–Kier alpha value is -2.60. The van der Waals surface area contributed by atoms with E-state index in [4.69, 9.17) is 4.74 Å². The lowest BCUT2D eigenvalue weighted by molar-refractivity contribution is 0.184. The second-order valence-corrected chi connectivity index (χ2v) is 5.68. The van der Waals surface area contributed by atoms with Gasteiger partial charge in [-0.05, 0) is 36.6 Å². The van der Waals surface area contributed by atoms with Gasteiger partial charge in [-0.25, -0.2) is 4.79 Å². The van der Waals surface area contributed by atoms with Gasteiger partial charge in [-0.1, -0.05) is 24.3 Å². The molecule has 1 aromatic carbocycles. The van der Waals surface area contributed by atoms with E-state index in [9.17, 15) is 9.59 Å². The maximum atomic E-state index is 12.0. The number of carbonyl (C=O) groups is 1. The molecule has 0 radical (unpaired) electrons. The molecule has 0 aliphatic carbocycles. The zero-order valence-electron chi connectivity index (χ0n) is 14.2. The molecular weight excluding hydrogens is 306 g/mol. The largest absolute Gasteiger partial charge is 0.380 e. The number of aromatic amines is 1. The minimum Gasteiger partial charge on any atom is -0.380 e. The van der Waals surface area contributed by atoms with E-state index in [1.54, 1.807) is 7.11 Å². The summed E-state index contributed by atoms with van der Waals surface area (Å²) < 4.78 is 5.15. The molecule has 0 saturated heterocycles. The first kappa shape index (κ1) is 17.7. The molecule has 0 fully saturated rings. The SMILES string of the molecule is COCc1ccccc1CNC(=O)NCc1c(C)cc(C)[nH]c1=O. The molecule has 24 heavy (non-hydrogen) atoms. The molecule has 2 amide bonds. The summed E-state index contributed by atoms with van der Waals surface area (Å²) in [6.07, 6.45) is 0. The lowest BCUT2D eigenvalue weighted by Crippen LogP contribution is -2.36. The van der Waals surface area contributed by atoms with Crippen molar-refractivity contribution in [1.29, 1.82) is 0 Å². The quantitative estimate of drug-likeness (QED) is 0.759. The second kappa shape index (κ2) is 8.31. The fourth-order valence-corrected chi connectivity index (χ4v) is 2.53. The zero-order valence-corrected chi connectivity index (χ0v) is 14.2. The molecule has 0 saturated carbocycles. The van der Waals surface area contributed by atoms with Gasteiger partial charge in [-0.2, -0.15) is 0 Å². The molecule has 2 rings (SSSR count). The van der Waals surface area contributed by atoms with Crippen molar-refractivity contribution >= 4 is 6.03 Å². The average Bonchev–Trinajstić information content (AvgIpc) is 2.53. The second-order valence-electron chi connectivity index (χ2n) is 5.68. The first-order valence-corrected chi connectivity index (χ1v) is 7.78. The van der Waals surface area contributed by atoms with Crippen molar-refractivity contribution in [2.45, 2.75) is 33.5 Å². The maximum Gasteiger partial charge on any atom is 0.315 e. The molecule has 6 nitrogen and oxygen atoms in total. The van der Waals surface area contributed by atoms with Crippen LogP contribution in [0.3, 0.4) is 0 Å². The van der Waals surface area contributed by atoms with Crippen LogP contribution < -0.4 is 16.2 Å². The van der Waals surface area contributed by atoms with Gasteiger partial charge in [0.15, 0.2) is 0 Å². The predicted molar refractivity (Wildman–Crippen MR) is 92.8 cm³/mol. The van der Waals surface area contributed by atoms with Crippen molar-refractivity contribution in [2.75, 3.05) is 7.11 Å². The molecule has 128 valence electrons. The number of nitrogens with one attached hydrogen (secondary N) is 3. The third kappa shape index (κ3) is 4.70. The molecule has 0 aliphatic rings. The van der Waals surface area contributed by atoms with Gasteiger partial charge in [-0.3, -0.25) is 4.79 Å². The minimum absolute atomic E-state index is 0.168. The van der Waals surface area contributed by atoms with E-state index in [0.717, 1.165) is 22.4 Å². The number of H-pyrrole nitrogens is 1. The number of carbonyl (C=O) groups excluding carboxylic acids is 1. The predicted octanol–water partition coefficient (Wildman–Crippen LogP) is 2.14. The van der Waals surface area contributed by atoms with Crippen molar-refractivity contribution in [3.05, 3.63) is 68.6 Å². The van der Waals surface area contributed by atoms with Gasteiger partial charge in [0, 0.05) is 24.9 Å². The summed E-state index contributed by atoms with van der Waals surface area (Å²) in [5.41, 5.74) is 4.10. The van der Waals surface area contributed by atoms with Crippen LogP contribution >= 0.6 is 0 Å². The number of benzene rings is 1. The van der Waals surface area contributed by atoms with E-state index in [1.807, 2.05) is 44.2 Å². The molecule has 0 spiro atoms. The number of aryl methyl sites for hydroxylation is 2. The molecular formula is C18H23N3O3. The van der Waals surface area contributed by atoms with Gasteiger partial charge in [0.2, 0.25) is 0 Å². The Kier molecular flexibility index (Phi) is 6.14. The minimum atomic E-state index is -0.318. The lowest BCUT2D eigenvalue weighted by atomic mass is 10.1. The van der Waals surface area contributed by atoms with Crippen molar-refractivity contribution < 1.29 is 9.53 Å². The Morgan fingerprint density at radius 1 is 1.12 bits per heavy atom. The van der Waals surface area contributed by atoms with E-state index in [0.29, 0.717) is 18.7 Å². The standard InChI is InChI=1S/C18H23N3O3/c1-12-8-13(2)21-17(22)16(12)10-20-18(23)19-9-14-6-4-5-7-15(14)11-24-3/h4-8H,9-11H2,1-3H3,(H,21,22)(H2,19,20,23). The summed E-state index contributed by atoms with van der Waals surface area (Å²) in [5.74, 6) is 0. The van der Waals surface area contributed by atoms with Gasteiger partial charge in [-0.15, -0.1) is 0 Å². The third-order valence-corrected chi connectivity index (χ3v) is 3.78. The third-order valence-electron chi connectivity index (χ3n) is 3.78. The number of hydrogen-bond donors (Lipinski definition) is 3. The average molecular weight is 329 g/mol. The Labute approximate surface area is 141 Å². The molecule has 2 aromatic rings. The number of methoxy groups -OCH3 is 1. The first-order chi connectivity index (χ1) is 11.5. The number of aromatic nitrogens is 1.